The smallest absolute Gasteiger partial charge is 0.0561 e. The highest BCUT2D eigenvalue weighted by molar-refractivity contribution is 6.10. The highest BCUT2D eigenvalue weighted by Gasteiger charge is 2.21. The van der Waals surface area contributed by atoms with E-state index < -0.39 is 0 Å². The number of fused-ring (bicyclic) bond motifs is 4. The van der Waals surface area contributed by atoms with Gasteiger partial charge in [-0.05, 0) is 147 Å². The molecule has 0 atom stereocenters. The quantitative estimate of drug-likeness (QED) is 0.128. The number of hydrogen-bond donors (Lipinski definition) is 0. The monoisotopic (exact) mass is 931 g/mol. The van der Waals surface area contributed by atoms with Gasteiger partial charge in [0.15, 0.2) is 0 Å². The molecule has 0 amide bonds. The summed E-state index contributed by atoms with van der Waals surface area (Å²) in [6.07, 6.45) is 0. The minimum atomic E-state index is 1.07. The summed E-state index contributed by atoms with van der Waals surface area (Å²) < 4.78 is 2.39. The Hall–Kier alpha value is -9.70. The fraction of sp³-hybridized carbons (Fsp3) is 0. The first kappa shape index (κ1) is 43.3. The summed E-state index contributed by atoms with van der Waals surface area (Å²) in [5.74, 6) is 0. The highest BCUT2D eigenvalue weighted by atomic mass is 15.1. The lowest BCUT2D eigenvalue weighted by atomic mass is 9.85. The van der Waals surface area contributed by atoms with Gasteiger partial charge < -0.3 is 14.4 Å². The first-order chi connectivity index (χ1) is 36.2. The van der Waals surface area contributed by atoms with Crippen molar-refractivity contribution in [3.8, 4) is 50.2 Å². The zero-order chi connectivity index (χ0) is 48.5. The third-order valence-electron chi connectivity index (χ3n) is 14.2. The predicted octanol–water partition coefficient (Wildman–Crippen LogP) is 19.5. The van der Waals surface area contributed by atoms with Crippen LogP contribution in [0.25, 0.3) is 82.8 Å². The zero-order valence-corrected chi connectivity index (χ0v) is 40.1. The maximum atomic E-state index is 2.41. The topological polar surface area (TPSA) is 11.4 Å². The first-order valence-corrected chi connectivity index (χ1v) is 25.0. The molecule has 0 N–H and O–H groups in total. The molecule has 12 aromatic carbocycles. The maximum Gasteiger partial charge on any atom is 0.0561 e. The molecular formula is C70H49N3. The molecule has 0 radical (unpaired) electrons. The largest absolute Gasteiger partial charge is 0.310 e. The van der Waals surface area contributed by atoms with E-state index in [1.54, 1.807) is 0 Å². The van der Waals surface area contributed by atoms with E-state index in [2.05, 4.69) is 312 Å². The molecule has 0 bridgehead atoms. The second kappa shape index (κ2) is 18.9. The van der Waals surface area contributed by atoms with Gasteiger partial charge in [-0.1, -0.05) is 200 Å². The van der Waals surface area contributed by atoms with E-state index in [1.165, 1.54) is 60.4 Å². The third-order valence-corrected chi connectivity index (χ3v) is 14.2. The fourth-order valence-corrected chi connectivity index (χ4v) is 10.8. The predicted molar refractivity (Wildman–Crippen MR) is 309 cm³/mol. The van der Waals surface area contributed by atoms with Crippen molar-refractivity contribution in [2.45, 2.75) is 0 Å². The second-order valence-electron chi connectivity index (χ2n) is 18.5. The molecule has 0 unspecified atom stereocenters. The summed E-state index contributed by atoms with van der Waals surface area (Å²) in [5, 5.41) is 4.88. The van der Waals surface area contributed by atoms with Crippen molar-refractivity contribution in [1.82, 2.24) is 4.57 Å². The summed E-state index contributed by atoms with van der Waals surface area (Å²) in [4.78, 5) is 4.74. The summed E-state index contributed by atoms with van der Waals surface area (Å²) in [7, 11) is 0. The zero-order valence-electron chi connectivity index (χ0n) is 40.1. The number of rotatable bonds is 11. The van der Waals surface area contributed by atoms with E-state index in [9.17, 15) is 0 Å². The molecule has 1 heterocycles. The molecule has 344 valence electrons. The van der Waals surface area contributed by atoms with Gasteiger partial charge in [0, 0.05) is 50.3 Å². The van der Waals surface area contributed by atoms with E-state index in [0.29, 0.717) is 0 Å². The molecule has 13 rings (SSSR count). The van der Waals surface area contributed by atoms with Crippen LogP contribution in [0.1, 0.15) is 0 Å². The average Bonchev–Trinajstić information content (AvgIpc) is 3.80. The molecule has 0 saturated heterocycles. The Morgan fingerprint density at radius 3 is 1.21 bits per heavy atom. The normalized spacial score (nSPS) is 11.3. The van der Waals surface area contributed by atoms with Crippen LogP contribution >= 0.6 is 0 Å². The Morgan fingerprint density at radius 2 is 0.630 bits per heavy atom. The van der Waals surface area contributed by atoms with Crippen molar-refractivity contribution in [3.05, 3.63) is 297 Å². The molecular weight excluding hydrogens is 883 g/mol. The van der Waals surface area contributed by atoms with E-state index in [1.807, 2.05) is 0 Å². The molecule has 0 aliphatic carbocycles. The van der Waals surface area contributed by atoms with Gasteiger partial charge in [-0.2, -0.15) is 0 Å². The molecule has 3 nitrogen and oxygen atoms in total. The molecule has 1 aromatic heterocycles. The summed E-state index contributed by atoms with van der Waals surface area (Å²) in [6.45, 7) is 0. The SMILES string of the molecule is c1ccc(-c2cc(-c3ccc(N(c4ccccc4)c4cccc5ccccc45)cc3)c(-c3ccccc3)cc2-c2ccc(N(c3ccccc3)c3ccc4c5ccccc5n(-c5ccccc5)c4c3)cc2)cc1. The minimum absolute atomic E-state index is 1.07. The Balaban J connectivity index is 0.938. The number of aromatic nitrogens is 1. The van der Waals surface area contributed by atoms with Crippen molar-refractivity contribution < 1.29 is 0 Å². The first-order valence-electron chi connectivity index (χ1n) is 25.0. The number of hydrogen-bond acceptors (Lipinski definition) is 2. The summed E-state index contributed by atoms with van der Waals surface area (Å²) in [5.41, 5.74) is 19.4. The third kappa shape index (κ3) is 8.09. The van der Waals surface area contributed by atoms with Crippen molar-refractivity contribution >= 4 is 66.7 Å². The lowest BCUT2D eigenvalue weighted by Gasteiger charge is -2.27. The minimum Gasteiger partial charge on any atom is -0.310 e. The highest BCUT2D eigenvalue weighted by Crippen LogP contribution is 2.46. The van der Waals surface area contributed by atoms with Crippen molar-refractivity contribution in [2.24, 2.45) is 0 Å². The van der Waals surface area contributed by atoms with Crippen LogP contribution in [0, 0.1) is 0 Å². The van der Waals surface area contributed by atoms with Crippen LogP contribution in [0.2, 0.25) is 0 Å². The van der Waals surface area contributed by atoms with Gasteiger partial charge >= 0.3 is 0 Å². The van der Waals surface area contributed by atoms with E-state index in [0.717, 1.165) is 56.5 Å². The van der Waals surface area contributed by atoms with Crippen molar-refractivity contribution in [1.29, 1.82) is 0 Å². The van der Waals surface area contributed by atoms with Crippen LogP contribution < -0.4 is 9.80 Å². The van der Waals surface area contributed by atoms with Crippen LogP contribution in [0.15, 0.2) is 297 Å². The molecule has 0 fully saturated rings. The Bertz CT molecular complexity index is 4030. The molecule has 73 heavy (non-hydrogen) atoms. The second-order valence-corrected chi connectivity index (χ2v) is 18.5. The summed E-state index contributed by atoms with van der Waals surface area (Å²) in [6, 6.07) is 108. The number of benzene rings is 12. The lowest BCUT2D eigenvalue weighted by molar-refractivity contribution is 1.18. The molecule has 13 aromatic rings. The summed E-state index contributed by atoms with van der Waals surface area (Å²) >= 11 is 0. The molecule has 0 aliphatic rings. The lowest BCUT2D eigenvalue weighted by Crippen LogP contribution is -2.10. The Kier molecular flexibility index (Phi) is 11.2. The molecule has 0 spiro atoms. The van der Waals surface area contributed by atoms with Gasteiger partial charge in [0.05, 0.1) is 16.7 Å². The van der Waals surface area contributed by atoms with Gasteiger partial charge in [0.25, 0.3) is 0 Å². The average molecular weight is 932 g/mol. The molecule has 0 aliphatic heterocycles. The van der Waals surface area contributed by atoms with Crippen LogP contribution in [0.5, 0.6) is 0 Å². The van der Waals surface area contributed by atoms with E-state index in [-0.39, 0.29) is 0 Å². The van der Waals surface area contributed by atoms with Crippen LogP contribution in [-0.4, -0.2) is 4.57 Å². The van der Waals surface area contributed by atoms with Crippen LogP contribution in [0.3, 0.4) is 0 Å². The Morgan fingerprint density at radius 1 is 0.233 bits per heavy atom. The van der Waals surface area contributed by atoms with Gasteiger partial charge in [-0.25, -0.2) is 0 Å². The number of anilines is 6. The van der Waals surface area contributed by atoms with Gasteiger partial charge in [-0.3, -0.25) is 0 Å². The van der Waals surface area contributed by atoms with Crippen molar-refractivity contribution in [2.75, 3.05) is 9.80 Å². The van der Waals surface area contributed by atoms with E-state index >= 15 is 0 Å². The van der Waals surface area contributed by atoms with Gasteiger partial charge in [0.2, 0.25) is 0 Å². The maximum absolute atomic E-state index is 2.41. The van der Waals surface area contributed by atoms with Crippen molar-refractivity contribution in [3.63, 3.8) is 0 Å². The van der Waals surface area contributed by atoms with E-state index in [4.69, 9.17) is 0 Å². The fourth-order valence-electron chi connectivity index (χ4n) is 10.8. The van der Waals surface area contributed by atoms with Crippen LogP contribution in [-0.2, 0) is 0 Å². The van der Waals surface area contributed by atoms with Crippen LogP contribution in [0.4, 0.5) is 34.1 Å². The van der Waals surface area contributed by atoms with Gasteiger partial charge in [-0.15, -0.1) is 0 Å². The standard InChI is InChI=1S/C70H49N3/c1-6-21-51(22-7-1)64-49-67(54-39-43-59(44-40-54)72(56-29-12-4-13-30-56)68-36-20-26-50-25-16-17-33-61(50)68)65(52-23-8-2-9-24-52)48-66(64)53-37-41-58(42-38-53)71(55-27-10-3-11-28-55)60-45-46-63-62-34-18-19-35-69(62)73(70(63)47-60)57-31-14-5-15-32-57/h1-49H. The Labute approximate surface area is 426 Å². The van der Waals surface area contributed by atoms with Gasteiger partial charge in [0.1, 0.15) is 0 Å². The molecule has 0 saturated carbocycles. The number of nitrogens with zero attached hydrogens (tertiary/aromatic N) is 3. The number of para-hydroxylation sites is 4. The molecule has 3 heteroatoms.